The number of benzene rings is 1. The minimum absolute atomic E-state index is 0.0146. The Morgan fingerprint density at radius 3 is 2.58 bits per heavy atom. The predicted octanol–water partition coefficient (Wildman–Crippen LogP) is 4.63. The number of hydrogen-bond donors (Lipinski definition) is 1. The van der Waals surface area contributed by atoms with E-state index in [4.69, 9.17) is 0 Å². The molecule has 6 nitrogen and oxygen atoms in total. The molecule has 1 amide bonds. The molecule has 0 saturated carbocycles. The Kier molecular flexibility index (Phi) is 6.33. The van der Waals surface area contributed by atoms with Crippen molar-refractivity contribution in [2.75, 3.05) is 0 Å². The van der Waals surface area contributed by atoms with E-state index in [1.165, 1.54) is 10.7 Å². The second kappa shape index (κ2) is 9.49. The van der Waals surface area contributed by atoms with Crippen LogP contribution in [0.4, 0.5) is 0 Å². The molecule has 31 heavy (non-hydrogen) atoms. The molecule has 0 bridgehead atoms. The minimum atomic E-state index is -0.256. The average molecular weight is 431 g/mol. The van der Waals surface area contributed by atoms with E-state index in [1.807, 2.05) is 23.6 Å². The smallest absolute Gasteiger partial charge is 0.272 e. The molecule has 1 aromatic carbocycles. The number of carbonyl (C=O) groups excluding carboxylic acids is 1. The summed E-state index contributed by atoms with van der Waals surface area (Å²) in [6, 6.07) is 19.8. The van der Waals surface area contributed by atoms with Crippen molar-refractivity contribution in [1.29, 1.82) is 0 Å². The molecule has 3 heterocycles. The van der Waals surface area contributed by atoms with Gasteiger partial charge in [0.15, 0.2) is 5.82 Å². The van der Waals surface area contributed by atoms with Crippen LogP contribution in [-0.4, -0.2) is 20.7 Å². The number of rotatable bonds is 7. The van der Waals surface area contributed by atoms with Crippen molar-refractivity contribution >= 4 is 17.2 Å². The van der Waals surface area contributed by atoms with Crippen LogP contribution in [0.15, 0.2) is 83.1 Å². The lowest BCUT2D eigenvalue weighted by Gasteiger charge is -2.17. The summed E-state index contributed by atoms with van der Waals surface area (Å²) in [4.78, 5) is 30.3. The van der Waals surface area contributed by atoms with Gasteiger partial charge in [-0.2, -0.15) is 9.78 Å². The average Bonchev–Trinajstić information content (AvgIpc) is 3.35. The van der Waals surface area contributed by atoms with E-state index in [2.05, 4.69) is 28.4 Å². The highest BCUT2D eigenvalue weighted by Crippen LogP contribution is 2.24. The summed E-state index contributed by atoms with van der Waals surface area (Å²) in [5.41, 5.74) is 1.76. The van der Waals surface area contributed by atoms with Crippen LogP contribution in [0.1, 0.15) is 41.0 Å². The first-order valence-corrected chi connectivity index (χ1v) is 11.0. The lowest BCUT2D eigenvalue weighted by molar-refractivity contribution is 0.0935. The van der Waals surface area contributed by atoms with E-state index >= 15 is 0 Å². The van der Waals surface area contributed by atoms with Gasteiger partial charge in [0.25, 0.3) is 11.5 Å². The molecule has 4 aromatic rings. The van der Waals surface area contributed by atoms with Crippen LogP contribution in [0.2, 0.25) is 0 Å². The molecule has 4 rings (SSSR count). The second-order valence-electron chi connectivity index (χ2n) is 7.06. The summed E-state index contributed by atoms with van der Waals surface area (Å²) in [5, 5.41) is 9.60. The Balaban J connectivity index is 1.54. The Morgan fingerprint density at radius 2 is 1.90 bits per heavy atom. The molecule has 7 heteroatoms. The molecule has 1 N–H and O–H groups in total. The fraction of sp³-hybridized carbons (Fsp3) is 0.167. The SMILES string of the molecule is CCCC(NC(=O)c1ccc(-c2ccc(=O)n(-c3ccccn3)n2)cc1)c1cccs1. The number of pyridine rings is 1. The van der Waals surface area contributed by atoms with E-state index in [0.29, 0.717) is 17.1 Å². The molecular weight excluding hydrogens is 408 g/mol. The standard InChI is InChI=1S/C24H22N4O2S/c1-2-6-20(21-7-5-16-31-21)26-24(30)18-11-9-17(10-12-18)19-13-14-23(29)28(27-19)22-8-3-4-15-25-22/h3-5,7-16,20H,2,6H2,1H3,(H,26,30). The van der Waals surface area contributed by atoms with Crippen molar-refractivity contribution in [3.63, 3.8) is 0 Å². The number of aromatic nitrogens is 3. The molecule has 0 fully saturated rings. The quantitative estimate of drug-likeness (QED) is 0.464. The van der Waals surface area contributed by atoms with Gasteiger partial charge < -0.3 is 5.32 Å². The van der Waals surface area contributed by atoms with Crippen molar-refractivity contribution in [3.05, 3.63) is 99.1 Å². The van der Waals surface area contributed by atoms with Gasteiger partial charge in [0.05, 0.1) is 11.7 Å². The molecular formula is C24H22N4O2S. The zero-order valence-corrected chi connectivity index (χ0v) is 17.9. The number of hydrogen-bond acceptors (Lipinski definition) is 5. The monoisotopic (exact) mass is 430 g/mol. The van der Waals surface area contributed by atoms with Crippen LogP contribution in [0, 0.1) is 0 Å². The summed E-state index contributed by atoms with van der Waals surface area (Å²) in [6.07, 6.45) is 3.49. The van der Waals surface area contributed by atoms with Crippen molar-refractivity contribution in [2.24, 2.45) is 0 Å². The Bertz CT molecular complexity index is 1200. The fourth-order valence-electron chi connectivity index (χ4n) is 3.31. The largest absolute Gasteiger partial charge is 0.344 e. The summed E-state index contributed by atoms with van der Waals surface area (Å²) in [5.74, 6) is 0.353. The molecule has 0 radical (unpaired) electrons. The van der Waals surface area contributed by atoms with E-state index in [9.17, 15) is 9.59 Å². The number of nitrogens with zero attached hydrogens (tertiary/aromatic N) is 3. The summed E-state index contributed by atoms with van der Waals surface area (Å²) in [7, 11) is 0. The molecule has 1 atom stereocenters. The molecule has 156 valence electrons. The summed E-state index contributed by atoms with van der Waals surface area (Å²) in [6.45, 7) is 2.11. The molecule has 1 unspecified atom stereocenters. The highest BCUT2D eigenvalue weighted by Gasteiger charge is 2.16. The fourth-order valence-corrected chi connectivity index (χ4v) is 4.12. The first-order valence-electron chi connectivity index (χ1n) is 10.1. The third kappa shape index (κ3) is 4.78. The molecule has 0 saturated heterocycles. The number of carbonyl (C=O) groups is 1. The van der Waals surface area contributed by atoms with Crippen LogP contribution >= 0.6 is 11.3 Å². The Hall–Kier alpha value is -3.58. The molecule has 0 aliphatic heterocycles. The summed E-state index contributed by atoms with van der Waals surface area (Å²) >= 11 is 1.65. The zero-order valence-electron chi connectivity index (χ0n) is 17.1. The van der Waals surface area contributed by atoms with Gasteiger partial charge >= 0.3 is 0 Å². The van der Waals surface area contributed by atoms with Gasteiger partial charge in [-0.1, -0.05) is 37.6 Å². The van der Waals surface area contributed by atoms with Crippen molar-refractivity contribution in [2.45, 2.75) is 25.8 Å². The Labute approximate surface area is 184 Å². The van der Waals surface area contributed by atoms with Crippen LogP contribution in [0.5, 0.6) is 0 Å². The predicted molar refractivity (Wildman–Crippen MR) is 122 cm³/mol. The van der Waals surface area contributed by atoms with Gasteiger partial charge in [0.1, 0.15) is 0 Å². The van der Waals surface area contributed by atoms with Crippen molar-refractivity contribution in [1.82, 2.24) is 20.1 Å². The van der Waals surface area contributed by atoms with E-state index in [-0.39, 0.29) is 17.5 Å². The first-order chi connectivity index (χ1) is 15.2. The van der Waals surface area contributed by atoms with Crippen LogP contribution in [0.3, 0.4) is 0 Å². The van der Waals surface area contributed by atoms with Gasteiger partial charge in [0.2, 0.25) is 0 Å². The maximum absolute atomic E-state index is 12.8. The minimum Gasteiger partial charge on any atom is -0.344 e. The first kappa shape index (κ1) is 20.7. The van der Waals surface area contributed by atoms with Gasteiger partial charge in [-0.05, 0) is 48.2 Å². The normalized spacial score (nSPS) is 11.8. The van der Waals surface area contributed by atoms with Gasteiger partial charge in [-0.3, -0.25) is 9.59 Å². The number of thiophene rings is 1. The zero-order chi connectivity index (χ0) is 21.6. The lowest BCUT2D eigenvalue weighted by Crippen LogP contribution is -2.27. The molecule has 3 aromatic heterocycles. The van der Waals surface area contributed by atoms with Crippen LogP contribution in [-0.2, 0) is 0 Å². The van der Waals surface area contributed by atoms with Gasteiger partial charge in [0, 0.05) is 28.3 Å². The second-order valence-corrected chi connectivity index (χ2v) is 8.04. The molecule has 0 aliphatic rings. The van der Waals surface area contributed by atoms with Crippen molar-refractivity contribution < 1.29 is 4.79 Å². The third-order valence-corrected chi connectivity index (χ3v) is 5.86. The summed E-state index contributed by atoms with van der Waals surface area (Å²) < 4.78 is 1.27. The van der Waals surface area contributed by atoms with Crippen LogP contribution in [0.25, 0.3) is 17.1 Å². The highest BCUT2D eigenvalue weighted by atomic mass is 32.1. The molecule has 0 spiro atoms. The van der Waals surface area contributed by atoms with E-state index < -0.39 is 0 Å². The number of nitrogens with one attached hydrogen (secondary N) is 1. The van der Waals surface area contributed by atoms with E-state index in [0.717, 1.165) is 23.3 Å². The topological polar surface area (TPSA) is 76.9 Å². The van der Waals surface area contributed by atoms with Crippen LogP contribution < -0.4 is 10.9 Å². The third-order valence-electron chi connectivity index (χ3n) is 4.88. The van der Waals surface area contributed by atoms with Crippen molar-refractivity contribution in [3.8, 4) is 17.1 Å². The van der Waals surface area contributed by atoms with Gasteiger partial charge in [-0.25, -0.2) is 4.98 Å². The highest BCUT2D eigenvalue weighted by molar-refractivity contribution is 7.10. The number of amides is 1. The maximum atomic E-state index is 12.8. The Morgan fingerprint density at radius 1 is 1.06 bits per heavy atom. The maximum Gasteiger partial charge on any atom is 0.272 e. The van der Waals surface area contributed by atoms with E-state index in [1.54, 1.807) is 53.9 Å². The van der Waals surface area contributed by atoms with Gasteiger partial charge in [-0.15, -0.1) is 11.3 Å². The lowest BCUT2D eigenvalue weighted by atomic mass is 10.1. The molecule has 0 aliphatic carbocycles.